The van der Waals surface area contributed by atoms with Crippen molar-refractivity contribution >= 4 is 32.2 Å². The van der Waals surface area contributed by atoms with Crippen molar-refractivity contribution in [3.05, 3.63) is 94.2 Å². The van der Waals surface area contributed by atoms with Crippen LogP contribution in [0.15, 0.2) is 87.3 Å². The second kappa shape index (κ2) is 8.99. The average molecular weight is 463 g/mol. The Morgan fingerprint density at radius 2 is 1.75 bits per heavy atom. The number of nitrogens with zero attached hydrogens (tertiary/aromatic N) is 1. The fraction of sp³-hybridized carbons (Fsp3) is 0.0500. The largest absolute Gasteiger partial charge is 0.488 e. The zero-order chi connectivity index (χ0) is 20.0. The molecule has 0 spiro atoms. The lowest BCUT2D eigenvalue weighted by atomic mass is 10.2. The molecule has 0 fully saturated rings. The maximum Gasteiger partial charge on any atom is 0.276 e. The molecule has 0 saturated carbocycles. The molecule has 144 valence electrons. The van der Waals surface area contributed by atoms with Crippen molar-refractivity contribution in [1.29, 1.82) is 0 Å². The smallest absolute Gasteiger partial charge is 0.276 e. The highest BCUT2D eigenvalue weighted by molar-refractivity contribution is 9.10. The number of ether oxygens (including phenoxy) is 1. The van der Waals surface area contributed by atoms with E-state index in [1.165, 1.54) is 30.5 Å². The molecule has 1 N–H and O–H groups in total. The summed E-state index contributed by atoms with van der Waals surface area (Å²) in [7, 11) is -3.75. The second-order valence-corrected chi connectivity index (χ2v) is 8.34. The molecule has 5 nitrogen and oxygen atoms in total. The van der Waals surface area contributed by atoms with E-state index in [0.29, 0.717) is 11.3 Å². The third-order valence-electron chi connectivity index (χ3n) is 3.71. The molecule has 0 aliphatic rings. The highest BCUT2D eigenvalue weighted by Crippen LogP contribution is 2.23. The fourth-order valence-corrected chi connectivity index (χ4v) is 3.50. The van der Waals surface area contributed by atoms with E-state index in [-0.39, 0.29) is 17.3 Å². The van der Waals surface area contributed by atoms with Crippen LogP contribution in [0.3, 0.4) is 0 Å². The van der Waals surface area contributed by atoms with Crippen molar-refractivity contribution in [3.63, 3.8) is 0 Å². The van der Waals surface area contributed by atoms with Crippen LogP contribution in [0.25, 0.3) is 0 Å². The SMILES string of the molecule is O=S(=O)(NN=Cc1cc(Br)ccc1OCc1ccc(F)cc1)c1ccccc1. The van der Waals surface area contributed by atoms with Gasteiger partial charge in [-0.15, -0.1) is 0 Å². The summed E-state index contributed by atoms with van der Waals surface area (Å²) in [6.07, 6.45) is 1.37. The normalized spacial score (nSPS) is 11.5. The van der Waals surface area contributed by atoms with Crippen LogP contribution in [-0.2, 0) is 16.6 Å². The van der Waals surface area contributed by atoms with Gasteiger partial charge in [0.15, 0.2) is 0 Å². The first-order chi connectivity index (χ1) is 13.4. The van der Waals surface area contributed by atoms with Crippen molar-refractivity contribution in [2.24, 2.45) is 5.10 Å². The molecule has 0 bridgehead atoms. The van der Waals surface area contributed by atoms with Crippen molar-refractivity contribution < 1.29 is 17.5 Å². The van der Waals surface area contributed by atoms with Crippen molar-refractivity contribution in [2.75, 3.05) is 0 Å². The number of halogens is 2. The highest BCUT2D eigenvalue weighted by atomic mass is 79.9. The Balaban J connectivity index is 1.73. The monoisotopic (exact) mass is 462 g/mol. The van der Waals surface area contributed by atoms with Crippen molar-refractivity contribution in [2.45, 2.75) is 11.5 Å². The molecule has 0 heterocycles. The Morgan fingerprint density at radius 1 is 1.04 bits per heavy atom. The summed E-state index contributed by atoms with van der Waals surface area (Å²) in [6.45, 7) is 0.235. The first kappa shape index (κ1) is 20.0. The number of sulfonamides is 1. The molecule has 0 aliphatic heterocycles. The summed E-state index contributed by atoms with van der Waals surface area (Å²) in [6, 6.07) is 19.2. The predicted molar refractivity (Wildman–Crippen MR) is 109 cm³/mol. The van der Waals surface area contributed by atoms with Gasteiger partial charge in [-0.25, -0.2) is 9.22 Å². The van der Waals surface area contributed by atoms with Crippen LogP contribution in [0.4, 0.5) is 4.39 Å². The minimum Gasteiger partial charge on any atom is -0.488 e. The topological polar surface area (TPSA) is 67.8 Å². The number of hydrogen-bond acceptors (Lipinski definition) is 4. The fourth-order valence-electron chi connectivity index (χ4n) is 2.31. The quantitative estimate of drug-likeness (QED) is 0.415. The molecule has 3 aromatic carbocycles. The van der Waals surface area contributed by atoms with Gasteiger partial charge in [0, 0.05) is 10.0 Å². The van der Waals surface area contributed by atoms with Crippen molar-refractivity contribution in [1.82, 2.24) is 4.83 Å². The van der Waals surface area contributed by atoms with E-state index >= 15 is 0 Å². The molecular weight excluding hydrogens is 447 g/mol. The van der Waals surface area contributed by atoms with E-state index in [1.54, 1.807) is 48.5 Å². The molecule has 8 heteroatoms. The van der Waals surface area contributed by atoms with Gasteiger partial charge in [0.25, 0.3) is 10.0 Å². The lowest BCUT2D eigenvalue weighted by molar-refractivity contribution is 0.305. The molecule has 0 unspecified atom stereocenters. The number of rotatable bonds is 7. The van der Waals surface area contributed by atoms with Crippen LogP contribution >= 0.6 is 15.9 Å². The summed E-state index contributed by atoms with van der Waals surface area (Å²) >= 11 is 3.37. The summed E-state index contributed by atoms with van der Waals surface area (Å²) in [4.78, 5) is 2.30. The molecule has 0 saturated heterocycles. The minimum atomic E-state index is -3.75. The zero-order valence-corrected chi connectivity index (χ0v) is 17.0. The molecule has 3 rings (SSSR count). The number of nitrogens with one attached hydrogen (secondary N) is 1. The lowest BCUT2D eigenvalue weighted by Crippen LogP contribution is -2.18. The number of hydrazone groups is 1. The molecule has 0 aromatic heterocycles. The van der Waals surface area contributed by atoms with Gasteiger partial charge in [0.2, 0.25) is 0 Å². The Morgan fingerprint density at radius 3 is 2.46 bits per heavy atom. The molecule has 0 amide bonds. The first-order valence-corrected chi connectivity index (χ1v) is 10.5. The van der Waals surface area contributed by atoms with E-state index in [1.807, 2.05) is 0 Å². The third-order valence-corrected chi connectivity index (χ3v) is 5.44. The van der Waals surface area contributed by atoms with E-state index in [2.05, 4.69) is 25.9 Å². The van der Waals surface area contributed by atoms with E-state index in [4.69, 9.17) is 4.74 Å². The van der Waals surface area contributed by atoms with E-state index in [0.717, 1.165) is 10.0 Å². The van der Waals surface area contributed by atoms with Gasteiger partial charge in [0.05, 0.1) is 11.1 Å². The van der Waals surface area contributed by atoms with Gasteiger partial charge in [-0.2, -0.15) is 13.5 Å². The van der Waals surface area contributed by atoms with Gasteiger partial charge in [-0.3, -0.25) is 0 Å². The average Bonchev–Trinajstić information content (AvgIpc) is 2.69. The maximum absolute atomic E-state index is 13.0. The molecule has 0 atom stereocenters. The van der Waals surface area contributed by atoms with Crippen LogP contribution < -0.4 is 9.57 Å². The summed E-state index contributed by atoms with van der Waals surface area (Å²) in [5.41, 5.74) is 1.38. The second-order valence-electron chi connectivity index (χ2n) is 5.76. The van der Waals surface area contributed by atoms with Gasteiger partial charge in [-0.1, -0.05) is 46.3 Å². The van der Waals surface area contributed by atoms with Gasteiger partial charge >= 0.3 is 0 Å². The van der Waals surface area contributed by atoms with E-state index in [9.17, 15) is 12.8 Å². The van der Waals surface area contributed by atoms with Crippen LogP contribution in [-0.4, -0.2) is 14.6 Å². The number of benzene rings is 3. The predicted octanol–water partition coefficient (Wildman–Crippen LogP) is 4.48. The number of hydrogen-bond donors (Lipinski definition) is 1. The first-order valence-electron chi connectivity index (χ1n) is 8.21. The van der Waals surface area contributed by atoms with Crippen LogP contribution in [0.5, 0.6) is 5.75 Å². The molecule has 0 aliphatic carbocycles. The Hall–Kier alpha value is -2.71. The third kappa shape index (κ3) is 5.40. The van der Waals surface area contributed by atoms with Crippen molar-refractivity contribution in [3.8, 4) is 5.75 Å². The molecule has 28 heavy (non-hydrogen) atoms. The van der Waals surface area contributed by atoms with Crippen LogP contribution in [0, 0.1) is 5.82 Å². The Bertz CT molecular complexity index is 1070. The highest BCUT2D eigenvalue weighted by Gasteiger charge is 2.11. The summed E-state index contributed by atoms with van der Waals surface area (Å²) in [5, 5.41) is 3.84. The zero-order valence-electron chi connectivity index (χ0n) is 14.5. The molecular formula is C20H16BrFN2O3S. The molecule has 3 aromatic rings. The van der Waals surface area contributed by atoms with Crippen LogP contribution in [0.1, 0.15) is 11.1 Å². The van der Waals surface area contributed by atoms with E-state index < -0.39 is 10.0 Å². The lowest BCUT2D eigenvalue weighted by Gasteiger charge is -2.10. The van der Waals surface area contributed by atoms with Gasteiger partial charge in [0.1, 0.15) is 18.2 Å². The minimum absolute atomic E-state index is 0.120. The molecule has 0 radical (unpaired) electrons. The maximum atomic E-state index is 13.0. The Kier molecular flexibility index (Phi) is 6.43. The Labute approximate surface area is 171 Å². The van der Waals surface area contributed by atoms with Gasteiger partial charge in [-0.05, 0) is 48.0 Å². The summed E-state index contributed by atoms with van der Waals surface area (Å²) in [5.74, 6) is 0.195. The standard InChI is InChI=1S/C20H16BrFN2O3S/c21-17-8-11-20(27-14-15-6-9-18(22)10-7-15)16(12-17)13-23-24-28(25,26)19-4-2-1-3-5-19/h1-13,24H,14H2. The summed E-state index contributed by atoms with van der Waals surface area (Å²) < 4.78 is 44.0. The van der Waals surface area contributed by atoms with Crippen LogP contribution in [0.2, 0.25) is 0 Å². The van der Waals surface area contributed by atoms with Gasteiger partial charge < -0.3 is 4.74 Å².